The highest BCUT2D eigenvalue weighted by Gasteiger charge is 2.55. The Morgan fingerprint density at radius 3 is 0.811 bits per heavy atom. The molecular weight excluding hydrogens is 1430 g/mol. The maximum atomic E-state index is 13.3. The maximum absolute atomic E-state index is 13.3. The van der Waals surface area contributed by atoms with Crippen LogP contribution in [-0.2, 0) is 82.6 Å². The van der Waals surface area contributed by atoms with Gasteiger partial charge in [0, 0.05) is 82.0 Å². The SMILES string of the molecule is CCCCOC(=O)C(CC(C)c1ccccc1)CC(CC(C)C(=O)O)[Si](OCC)(OCC)OCC.CCCCOC(=O)C(CC(C)c1ccccc1)CC(CC(C)C(N)=O)[Si](OCC)(OCC)OCC.CCCCOC(=O)C(CC(C)c1ccccc1)CC(CC(C)P(=O)(O)O)[Si](OCC)(OCC)OCC. The van der Waals surface area contributed by atoms with Gasteiger partial charge in [0.25, 0.3) is 0 Å². The lowest BCUT2D eigenvalue weighted by Crippen LogP contribution is -2.52. The van der Waals surface area contributed by atoms with Crippen LogP contribution in [0.2, 0.25) is 16.6 Å². The molecule has 0 saturated heterocycles. The molecule has 106 heavy (non-hydrogen) atoms. The van der Waals surface area contributed by atoms with E-state index in [1.165, 1.54) is 12.5 Å². The Morgan fingerprint density at radius 1 is 0.368 bits per heavy atom. The molecule has 0 aliphatic rings. The fourth-order valence-electron chi connectivity index (χ4n) is 13.3. The molecule has 1 amide bonds. The summed E-state index contributed by atoms with van der Waals surface area (Å²) in [6.45, 7) is 38.9. The summed E-state index contributed by atoms with van der Waals surface area (Å²) in [5.74, 6) is -4.04. The van der Waals surface area contributed by atoms with Crippen molar-refractivity contribution in [2.24, 2.45) is 35.3 Å². The Hall–Kier alpha value is -4.55. The van der Waals surface area contributed by atoms with Crippen molar-refractivity contribution in [3.8, 4) is 0 Å². The van der Waals surface area contributed by atoms with Gasteiger partial charge in [-0.25, -0.2) is 0 Å². The number of ether oxygens (including phenoxy) is 3. The van der Waals surface area contributed by atoms with E-state index >= 15 is 0 Å². The van der Waals surface area contributed by atoms with Crippen molar-refractivity contribution < 1.29 is 97.5 Å². The quantitative estimate of drug-likeness (QED) is 0.0134. The molecule has 0 fully saturated rings. The maximum Gasteiger partial charge on any atom is 0.504 e. The minimum atomic E-state index is -4.36. The van der Waals surface area contributed by atoms with E-state index in [1.807, 2.05) is 136 Å². The third-order valence-corrected chi connectivity index (χ3v) is 30.9. The van der Waals surface area contributed by atoms with Crippen LogP contribution in [0.4, 0.5) is 0 Å². The molecule has 0 radical (unpaired) electrons. The fraction of sp³-hybridized carbons (Fsp3) is 0.713. The number of nitrogens with two attached hydrogens (primary N) is 1. The molecule has 0 bridgehead atoms. The summed E-state index contributed by atoms with van der Waals surface area (Å²) in [5, 5.41) is 9.67. The fourth-order valence-corrected chi connectivity index (χ4v) is 24.1. The van der Waals surface area contributed by atoms with Gasteiger partial charge in [-0.3, -0.25) is 28.5 Å². The van der Waals surface area contributed by atoms with Gasteiger partial charge in [0.2, 0.25) is 5.91 Å². The second-order valence-electron chi connectivity index (χ2n) is 27.5. The molecule has 3 rings (SSSR count). The Balaban J connectivity index is 0.000000795. The number of hydrogen-bond acceptors (Lipinski definition) is 18. The molecule has 0 saturated carbocycles. The Kier molecular flexibility index (Phi) is 52.3. The lowest BCUT2D eigenvalue weighted by molar-refractivity contribution is -0.150. The number of esters is 3. The van der Waals surface area contributed by atoms with Gasteiger partial charge in [-0.1, -0.05) is 173 Å². The van der Waals surface area contributed by atoms with Crippen molar-refractivity contribution in [2.45, 2.75) is 261 Å². The van der Waals surface area contributed by atoms with E-state index in [4.69, 9.17) is 59.8 Å². The highest BCUT2D eigenvalue weighted by Crippen LogP contribution is 2.49. The third kappa shape index (κ3) is 36.5. The molecule has 5 N–H and O–H groups in total. The molecule has 12 unspecified atom stereocenters. The van der Waals surface area contributed by atoms with Gasteiger partial charge in [0.1, 0.15) is 0 Å². The average molecular weight is 1570 g/mol. The first kappa shape index (κ1) is 99.5. The number of primary amides is 1. The largest absolute Gasteiger partial charge is 0.504 e. The third-order valence-electron chi connectivity index (χ3n) is 18.9. The van der Waals surface area contributed by atoms with Crippen molar-refractivity contribution in [3.05, 3.63) is 108 Å². The minimum absolute atomic E-state index is 0.0807. The van der Waals surface area contributed by atoms with Crippen molar-refractivity contribution in [1.82, 2.24) is 0 Å². The first-order valence-corrected chi connectivity index (χ1v) is 46.6. The Bertz CT molecular complexity index is 2680. The molecule has 608 valence electrons. The zero-order valence-corrected chi connectivity index (χ0v) is 71.8. The standard InChI is InChI=1S/C27H47NO6Si.C27H46O7Si.C26H47O8PSi/c2*1-7-11-17-31-27(30)24(18-21(5)23-15-13-12-14-16-23)20-25(19-22(6)26(28)29)35(32-8-2,33-9-3)34-10-4;1-7-11-17-31-26(27)24(18-21(5)23-15-13-12-14-16-23)20-25(19-22(6)35(28,29)30)36(32-8-2,33-9-3)34-10-4/h12-16,21-22,24-25H,7-11,17-20H2,1-6H3,(H2,28,29);12-16,21-22,24-25H,7-11,17-20H2,1-6H3,(H,28,29);12-16,21-22,24-25H,7-11,17-20H2,1-6H3,(H2,28,29,30). The molecule has 0 aliphatic heterocycles. The van der Waals surface area contributed by atoms with Crippen molar-refractivity contribution >= 4 is 63.8 Å². The Morgan fingerprint density at radius 2 is 0.604 bits per heavy atom. The van der Waals surface area contributed by atoms with E-state index in [2.05, 4.69) is 58.9 Å². The van der Waals surface area contributed by atoms with Crippen LogP contribution >= 0.6 is 7.60 Å². The molecule has 0 aromatic heterocycles. The smallest absolute Gasteiger partial charge is 0.481 e. The molecule has 0 heterocycles. The first-order valence-electron chi connectivity index (χ1n) is 39.5. The molecule has 22 nitrogen and oxygen atoms in total. The lowest BCUT2D eigenvalue weighted by atomic mass is 9.86. The minimum Gasteiger partial charge on any atom is -0.481 e. The van der Waals surface area contributed by atoms with Gasteiger partial charge in [-0.15, -0.1) is 0 Å². The molecule has 3 aromatic carbocycles. The van der Waals surface area contributed by atoms with E-state index in [0.717, 1.165) is 49.7 Å². The van der Waals surface area contributed by atoms with Crippen LogP contribution in [0.3, 0.4) is 0 Å². The number of carboxylic acids is 1. The number of hydrogen-bond donors (Lipinski definition) is 4. The van der Waals surface area contributed by atoms with Crippen LogP contribution in [-0.4, -0.2) is 156 Å². The molecule has 26 heteroatoms. The van der Waals surface area contributed by atoms with E-state index in [1.54, 1.807) is 13.8 Å². The highest BCUT2D eigenvalue weighted by molar-refractivity contribution is 7.52. The first-order chi connectivity index (χ1) is 50.5. The molecule has 0 spiro atoms. The molecule has 0 aliphatic carbocycles. The van der Waals surface area contributed by atoms with Crippen molar-refractivity contribution in [1.29, 1.82) is 0 Å². The highest BCUT2D eigenvalue weighted by atomic mass is 31.2. The van der Waals surface area contributed by atoms with Gasteiger partial charge >= 0.3 is 57.9 Å². The summed E-state index contributed by atoms with van der Waals surface area (Å²) in [4.78, 5) is 83.5. The second-order valence-corrected chi connectivity index (χ2v) is 38.2. The second kappa shape index (κ2) is 55.8. The molecule has 3 aromatic rings. The van der Waals surface area contributed by atoms with Crippen molar-refractivity contribution in [3.63, 3.8) is 0 Å². The average Bonchev–Trinajstić information content (AvgIpc) is 0.817. The molecule has 12 atom stereocenters. The summed E-state index contributed by atoms with van der Waals surface area (Å²) >= 11 is 0. The monoisotopic (exact) mass is 1570 g/mol. The summed E-state index contributed by atoms with van der Waals surface area (Å²) < 4.78 is 84.7. The van der Waals surface area contributed by atoms with Crippen LogP contribution in [0.5, 0.6) is 0 Å². The van der Waals surface area contributed by atoms with E-state index in [9.17, 15) is 43.4 Å². The van der Waals surface area contributed by atoms with Gasteiger partial charge in [0.05, 0.1) is 49.2 Å². The number of carbonyl (C=O) groups excluding carboxylic acids is 4. The zero-order valence-electron chi connectivity index (χ0n) is 67.9. The normalized spacial score (nSPS) is 15.4. The predicted octanol–water partition coefficient (Wildman–Crippen LogP) is 17.4. The number of benzene rings is 3. The van der Waals surface area contributed by atoms with E-state index < -0.39 is 74.9 Å². The number of unbranched alkanes of at least 4 members (excludes halogenated alkanes) is 3. The van der Waals surface area contributed by atoms with E-state index in [-0.39, 0.29) is 65.0 Å². The zero-order chi connectivity index (χ0) is 79.7. The number of carbonyl (C=O) groups is 5. The Labute approximate surface area is 641 Å². The number of rotatable bonds is 57. The van der Waals surface area contributed by atoms with Crippen LogP contribution < -0.4 is 5.73 Å². The summed E-state index contributed by atoms with van der Waals surface area (Å²) in [6, 6.07) is 30.2. The lowest BCUT2D eigenvalue weighted by Gasteiger charge is -2.38. The van der Waals surface area contributed by atoms with Crippen LogP contribution in [0.15, 0.2) is 91.0 Å². The van der Waals surface area contributed by atoms with Gasteiger partial charge < -0.3 is 74.7 Å². The van der Waals surface area contributed by atoms with Gasteiger partial charge in [0.15, 0.2) is 0 Å². The number of carboxylic acid groups (broad SMARTS) is 1. The van der Waals surface area contributed by atoms with E-state index in [0.29, 0.717) is 131 Å². The topological polar surface area (TPSA) is 300 Å². The number of amides is 1. The van der Waals surface area contributed by atoms with Crippen molar-refractivity contribution in [2.75, 3.05) is 79.3 Å². The summed E-state index contributed by atoms with van der Waals surface area (Å²) in [5.41, 5.74) is 7.05. The van der Waals surface area contributed by atoms with Gasteiger partial charge in [-0.05, 0) is 174 Å². The molecular formula is C80H140NO21PSi3. The summed E-state index contributed by atoms with van der Waals surface area (Å²) in [6.07, 6.45) is 8.95. The van der Waals surface area contributed by atoms with Gasteiger partial charge in [-0.2, -0.15) is 0 Å². The predicted molar refractivity (Wildman–Crippen MR) is 424 cm³/mol. The van der Waals surface area contributed by atoms with Crippen LogP contribution in [0.25, 0.3) is 0 Å². The number of aliphatic carboxylic acids is 1. The summed E-state index contributed by atoms with van der Waals surface area (Å²) in [7, 11) is -14.3. The van der Waals surface area contributed by atoms with Crippen LogP contribution in [0, 0.1) is 29.6 Å². The van der Waals surface area contributed by atoms with Crippen LogP contribution in [0.1, 0.15) is 255 Å².